The van der Waals surface area contributed by atoms with Crippen LogP contribution in [0, 0.1) is 0 Å². The highest BCUT2D eigenvalue weighted by Gasteiger charge is 2.17. The predicted octanol–water partition coefficient (Wildman–Crippen LogP) is 6.99. The Labute approximate surface area is 251 Å². The van der Waals surface area contributed by atoms with E-state index in [1.165, 1.54) is 42.6 Å². The summed E-state index contributed by atoms with van der Waals surface area (Å²) in [5.41, 5.74) is 4.21. The summed E-state index contributed by atoms with van der Waals surface area (Å²) >= 11 is 1.44. The number of carboxylic acids is 1. The summed E-state index contributed by atoms with van der Waals surface area (Å²) in [6.45, 7) is 4.83. The molecule has 0 aliphatic carbocycles. The summed E-state index contributed by atoms with van der Waals surface area (Å²) in [7, 11) is 0. The number of rotatable bonds is 16. The van der Waals surface area contributed by atoms with Gasteiger partial charge in [0.2, 0.25) is 5.91 Å². The molecule has 2 aromatic carbocycles. The fraction of sp³-hybridized carbons (Fsp3) is 0.333. The maximum absolute atomic E-state index is 12.5. The second-order valence-electron chi connectivity index (χ2n) is 10.3. The highest BCUT2D eigenvalue weighted by atomic mass is 32.1. The maximum Gasteiger partial charge on any atom is 0.317 e. The van der Waals surface area contributed by atoms with Gasteiger partial charge in [0.25, 0.3) is 0 Å². The molecule has 0 fully saturated rings. The van der Waals surface area contributed by atoms with E-state index in [4.69, 9.17) is 9.72 Å². The fourth-order valence-corrected chi connectivity index (χ4v) is 5.68. The van der Waals surface area contributed by atoms with Crippen LogP contribution in [0.1, 0.15) is 61.6 Å². The van der Waals surface area contributed by atoms with E-state index in [1.54, 1.807) is 29.3 Å². The lowest BCUT2D eigenvalue weighted by Crippen LogP contribution is -2.36. The van der Waals surface area contributed by atoms with Crippen molar-refractivity contribution < 1.29 is 19.4 Å². The number of hydrogen-bond acceptors (Lipinski definition) is 7. The number of carbonyl (C=O) groups is 2. The molecular formula is C33H38N4O4S. The third-order valence-corrected chi connectivity index (χ3v) is 7.68. The van der Waals surface area contributed by atoms with E-state index in [1.807, 2.05) is 29.6 Å². The van der Waals surface area contributed by atoms with Gasteiger partial charge in [-0.05, 0) is 54.2 Å². The second kappa shape index (κ2) is 15.8. The van der Waals surface area contributed by atoms with Gasteiger partial charge in [0.05, 0.1) is 25.3 Å². The molecule has 220 valence electrons. The Morgan fingerprint density at radius 2 is 1.71 bits per heavy atom. The summed E-state index contributed by atoms with van der Waals surface area (Å²) in [4.78, 5) is 34.2. The molecule has 2 heterocycles. The first-order chi connectivity index (χ1) is 20.4. The molecule has 4 aromatic rings. The van der Waals surface area contributed by atoms with Crippen LogP contribution in [0.3, 0.4) is 0 Å². The fourth-order valence-electron chi connectivity index (χ4n) is 4.84. The number of nitrogens with one attached hydrogen (secondary N) is 1. The monoisotopic (exact) mass is 586 g/mol. The van der Waals surface area contributed by atoms with E-state index in [0.29, 0.717) is 18.3 Å². The lowest BCUT2D eigenvalue weighted by Gasteiger charge is -2.18. The number of hydrogen-bond donors (Lipinski definition) is 2. The lowest BCUT2D eigenvalue weighted by molar-refractivity contribution is -0.138. The quantitative estimate of drug-likeness (QED) is 0.146. The first-order valence-corrected chi connectivity index (χ1v) is 15.2. The van der Waals surface area contributed by atoms with Crippen LogP contribution in [-0.2, 0) is 22.7 Å². The Hall–Kier alpha value is -4.08. The molecule has 8 nitrogen and oxygen atoms in total. The normalized spacial score (nSPS) is 11.1. The van der Waals surface area contributed by atoms with E-state index < -0.39 is 5.97 Å². The number of aromatic nitrogens is 2. The van der Waals surface area contributed by atoms with Crippen molar-refractivity contribution in [3.05, 3.63) is 94.4 Å². The molecule has 4 rings (SSSR count). The summed E-state index contributed by atoms with van der Waals surface area (Å²) in [6.07, 6.45) is 6.39. The highest BCUT2D eigenvalue weighted by molar-refractivity contribution is 7.09. The van der Waals surface area contributed by atoms with Gasteiger partial charge in [0.15, 0.2) is 0 Å². The van der Waals surface area contributed by atoms with Crippen molar-refractivity contribution in [1.82, 2.24) is 14.9 Å². The number of amides is 1. The van der Waals surface area contributed by atoms with E-state index in [9.17, 15) is 14.7 Å². The van der Waals surface area contributed by atoms with E-state index >= 15 is 0 Å². The Balaban J connectivity index is 1.31. The molecule has 0 radical (unpaired) electrons. The van der Waals surface area contributed by atoms with E-state index in [-0.39, 0.29) is 25.5 Å². The molecule has 0 saturated carbocycles. The largest absolute Gasteiger partial charge is 0.489 e. The Bertz CT molecular complexity index is 1400. The van der Waals surface area contributed by atoms with Crippen LogP contribution < -0.4 is 10.1 Å². The summed E-state index contributed by atoms with van der Waals surface area (Å²) in [5.74, 6) is 0.549. The average Bonchev–Trinajstić information content (AvgIpc) is 3.45. The van der Waals surface area contributed by atoms with Gasteiger partial charge in [-0.25, -0.2) is 9.97 Å². The van der Waals surface area contributed by atoms with Gasteiger partial charge in [-0.3, -0.25) is 14.5 Å². The van der Waals surface area contributed by atoms with E-state index in [0.717, 1.165) is 27.6 Å². The molecule has 9 heteroatoms. The SMILES string of the molecule is CCCC(CCC)c1ccc(OCc2ccc(-c3csc(CN(CC(=O)O)CC(=O)Nc4ccccn4)n3)cc2)cc1. The van der Waals surface area contributed by atoms with Gasteiger partial charge in [-0.15, -0.1) is 11.3 Å². The van der Waals surface area contributed by atoms with Gasteiger partial charge in [-0.2, -0.15) is 0 Å². The lowest BCUT2D eigenvalue weighted by atomic mass is 9.90. The Kier molecular flexibility index (Phi) is 11.6. The van der Waals surface area contributed by atoms with Crippen LogP contribution in [0.5, 0.6) is 5.75 Å². The third kappa shape index (κ3) is 9.49. The molecule has 0 spiro atoms. The number of pyridine rings is 1. The van der Waals surface area contributed by atoms with Crippen LogP contribution in [0.25, 0.3) is 11.3 Å². The second-order valence-corrected chi connectivity index (χ2v) is 11.2. The first-order valence-electron chi connectivity index (χ1n) is 14.3. The van der Waals surface area contributed by atoms with Crippen LogP contribution in [0.4, 0.5) is 5.82 Å². The number of aliphatic carboxylic acids is 1. The van der Waals surface area contributed by atoms with Crippen molar-refractivity contribution in [3.8, 4) is 17.0 Å². The topological polar surface area (TPSA) is 105 Å². The maximum atomic E-state index is 12.5. The van der Waals surface area contributed by atoms with Crippen molar-refractivity contribution in [2.24, 2.45) is 0 Å². The minimum atomic E-state index is -1.01. The van der Waals surface area contributed by atoms with Crippen molar-refractivity contribution >= 4 is 29.0 Å². The Morgan fingerprint density at radius 1 is 0.976 bits per heavy atom. The van der Waals surface area contributed by atoms with Crippen LogP contribution in [0.2, 0.25) is 0 Å². The summed E-state index contributed by atoms with van der Waals surface area (Å²) < 4.78 is 6.04. The van der Waals surface area contributed by atoms with Crippen molar-refractivity contribution in [3.63, 3.8) is 0 Å². The zero-order valence-corrected chi connectivity index (χ0v) is 25.0. The number of thiazole rings is 1. The molecule has 2 N–H and O–H groups in total. The Morgan fingerprint density at radius 3 is 2.36 bits per heavy atom. The average molecular weight is 587 g/mol. The smallest absolute Gasteiger partial charge is 0.317 e. The molecule has 1 amide bonds. The third-order valence-electron chi connectivity index (χ3n) is 6.85. The standard InChI is InChI=1S/C33H38N4O4S/c1-3-7-25(8-4-2)26-14-16-28(17-15-26)41-22-24-10-12-27(13-11-24)29-23-42-32(35-29)20-37(21-33(39)40)19-31(38)36-30-9-5-6-18-34-30/h5-6,9-18,23,25H,3-4,7-8,19-22H2,1-2H3,(H,39,40)(H,34,36,38). The number of carboxylic acid groups (broad SMARTS) is 1. The summed E-state index contributed by atoms with van der Waals surface area (Å²) in [6, 6.07) is 21.8. The van der Waals surface area contributed by atoms with Crippen molar-refractivity contribution in [2.75, 3.05) is 18.4 Å². The van der Waals surface area contributed by atoms with Gasteiger partial charge in [0, 0.05) is 17.1 Å². The minimum Gasteiger partial charge on any atom is -0.489 e. The van der Waals surface area contributed by atoms with Gasteiger partial charge < -0.3 is 15.2 Å². The van der Waals surface area contributed by atoms with Gasteiger partial charge >= 0.3 is 5.97 Å². The highest BCUT2D eigenvalue weighted by Crippen LogP contribution is 2.28. The zero-order valence-electron chi connectivity index (χ0n) is 24.2. The molecule has 42 heavy (non-hydrogen) atoms. The molecular weight excluding hydrogens is 548 g/mol. The molecule has 0 aliphatic rings. The molecule has 2 aromatic heterocycles. The van der Waals surface area contributed by atoms with Gasteiger partial charge in [-0.1, -0.05) is 69.2 Å². The number of benzene rings is 2. The first kappa shape index (κ1) is 30.9. The van der Waals surface area contributed by atoms with Gasteiger partial charge in [0.1, 0.15) is 23.2 Å². The number of anilines is 1. The molecule has 0 aliphatic heterocycles. The van der Waals surface area contributed by atoms with Crippen LogP contribution in [0.15, 0.2) is 78.3 Å². The molecule has 0 atom stereocenters. The van der Waals surface area contributed by atoms with Crippen LogP contribution in [-0.4, -0.2) is 44.9 Å². The van der Waals surface area contributed by atoms with Crippen LogP contribution >= 0.6 is 11.3 Å². The molecule has 0 bridgehead atoms. The number of ether oxygens (including phenoxy) is 1. The van der Waals surface area contributed by atoms with Crippen molar-refractivity contribution in [2.45, 2.75) is 58.6 Å². The number of nitrogens with zero attached hydrogens (tertiary/aromatic N) is 3. The van der Waals surface area contributed by atoms with E-state index in [2.05, 4.69) is 48.4 Å². The number of carbonyl (C=O) groups excluding carboxylic acids is 1. The predicted molar refractivity (Wildman–Crippen MR) is 167 cm³/mol. The van der Waals surface area contributed by atoms with Crippen molar-refractivity contribution in [1.29, 1.82) is 0 Å². The molecule has 0 saturated heterocycles. The summed E-state index contributed by atoms with van der Waals surface area (Å²) in [5, 5.41) is 14.7. The molecule has 0 unspecified atom stereocenters. The minimum absolute atomic E-state index is 0.0900. The zero-order chi connectivity index (χ0) is 29.7.